The van der Waals surface area contributed by atoms with Gasteiger partial charge in [-0.25, -0.2) is 4.98 Å². The van der Waals surface area contributed by atoms with E-state index in [0.29, 0.717) is 6.04 Å². The number of anilines is 1. The Hall–Kier alpha value is -1.40. The third kappa shape index (κ3) is 2.65. The second-order valence-electron chi connectivity index (χ2n) is 6.26. The molecule has 2 aliphatic rings. The molecule has 0 spiro atoms. The van der Waals surface area contributed by atoms with Crippen LogP contribution >= 0.6 is 11.6 Å². The average molecular weight is 322 g/mol. The highest BCUT2D eigenvalue weighted by atomic mass is 35.5. The maximum absolute atomic E-state index is 6.13. The Kier molecular flexibility index (Phi) is 3.66. The van der Waals surface area contributed by atoms with Crippen molar-refractivity contribution in [3.63, 3.8) is 0 Å². The topological polar surface area (TPSA) is 64.9 Å². The summed E-state index contributed by atoms with van der Waals surface area (Å²) >= 11 is 6.13. The van der Waals surface area contributed by atoms with E-state index in [9.17, 15) is 0 Å². The molecule has 118 valence electrons. The van der Waals surface area contributed by atoms with E-state index in [1.165, 1.54) is 12.8 Å². The molecule has 4 rings (SSSR count). The summed E-state index contributed by atoms with van der Waals surface area (Å²) in [6.07, 6.45) is 7.60. The first kappa shape index (κ1) is 14.2. The van der Waals surface area contributed by atoms with Crippen molar-refractivity contribution in [2.45, 2.75) is 51.3 Å². The summed E-state index contributed by atoms with van der Waals surface area (Å²) in [5.41, 5.74) is 1.52. The number of ether oxygens (including phenoxy) is 1. The molecule has 2 aromatic heterocycles. The van der Waals surface area contributed by atoms with Gasteiger partial charge in [0.2, 0.25) is 5.28 Å². The molecule has 1 aliphatic carbocycles. The SMILES string of the molecule is CC(Nc1nc(Cl)nc2c1ncn2C1CCCCO1)C1CC1. The lowest BCUT2D eigenvalue weighted by atomic mass is 10.2. The Balaban J connectivity index is 1.70. The number of rotatable bonds is 4. The summed E-state index contributed by atoms with van der Waals surface area (Å²) in [7, 11) is 0. The normalized spacial score (nSPS) is 23.6. The Bertz CT molecular complexity index is 678. The lowest BCUT2D eigenvalue weighted by molar-refractivity contribution is -0.0298. The van der Waals surface area contributed by atoms with E-state index < -0.39 is 0 Å². The molecule has 1 aliphatic heterocycles. The summed E-state index contributed by atoms with van der Waals surface area (Å²) in [5, 5.41) is 3.70. The van der Waals surface area contributed by atoms with Crippen LogP contribution in [0.4, 0.5) is 5.82 Å². The van der Waals surface area contributed by atoms with E-state index in [4.69, 9.17) is 16.3 Å². The van der Waals surface area contributed by atoms with Gasteiger partial charge in [0.15, 0.2) is 17.0 Å². The molecule has 7 heteroatoms. The first-order valence-electron chi connectivity index (χ1n) is 8.00. The molecule has 2 atom stereocenters. The highest BCUT2D eigenvalue weighted by Gasteiger charge is 2.29. The smallest absolute Gasteiger partial charge is 0.226 e. The molecule has 1 saturated carbocycles. The number of imidazole rings is 1. The quantitative estimate of drug-likeness (QED) is 0.874. The third-order valence-electron chi connectivity index (χ3n) is 4.55. The number of hydrogen-bond donors (Lipinski definition) is 1. The van der Waals surface area contributed by atoms with Gasteiger partial charge in [0.1, 0.15) is 6.23 Å². The first-order valence-corrected chi connectivity index (χ1v) is 8.38. The highest BCUT2D eigenvalue weighted by Crippen LogP contribution is 2.35. The number of hydrogen-bond acceptors (Lipinski definition) is 5. The maximum Gasteiger partial charge on any atom is 0.226 e. The van der Waals surface area contributed by atoms with Gasteiger partial charge in [-0.2, -0.15) is 9.97 Å². The molecule has 2 unspecified atom stereocenters. The van der Waals surface area contributed by atoms with Crippen molar-refractivity contribution >= 4 is 28.6 Å². The number of halogens is 1. The number of nitrogens with one attached hydrogen (secondary N) is 1. The van der Waals surface area contributed by atoms with E-state index in [1.807, 2.05) is 4.57 Å². The van der Waals surface area contributed by atoms with Crippen LogP contribution in [0.5, 0.6) is 0 Å². The molecule has 1 N–H and O–H groups in total. The molecule has 22 heavy (non-hydrogen) atoms. The molecule has 0 bridgehead atoms. The number of fused-ring (bicyclic) bond motifs is 1. The summed E-state index contributed by atoms with van der Waals surface area (Å²) in [5.74, 6) is 1.46. The van der Waals surface area contributed by atoms with Crippen molar-refractivity contribution in [2.24, 2.45) is 5.92 Å². The molecule has 0 radical (unpaired) electrons. The first-order chi connectivity index (χ1) is 10.7. The van der Waals surface area contributed by atoms with Crippen LogP contribution in [0.25, 0.3) is 11.2 Å². The second kappa shape index (κ2) is 5.66. The Morgan fingerprint density at radius 1 is 1.32 bits per heavy atom. The van der Waals surface area contributed by atoms with E-state index in [-0.39, 0.29) is 11.5 Å². The summed E-state index contributed by atoms with van der Waals surface area (Å²) in [6.45, 7) is 2.97. The van der Waals surface area contributed by atoms with Gasteiger partial charge in [-0.15, -0.1) is 0 Å². The summed E-state index contributed by atoms with van der Waals surface area (Å²) in [4.78, 5) is 13.2. The predicted octanol–water partition coefficient (Wildman–Crippen LogP) is 3.39. The zero-order valence-corrected chi connectivity index (χ0v) is 13.4. The van der Waals surface area contributed by atoms with Crippen molar-refractivity contribution in [2.75, 3.05) is 11.9 Å². The van der Waals surface area contributed by atoms with Gasteiger partial charge in [-0.05, 0) is 56.5 Å². The average Bonchev–Trinajstić information content (AvgIpc) is 3.28. The minimum absolute atomic E-state index is 0.00146. The van der Waals surface area contributed by atoms with Crippen molar-refractivity contribution < 1.29 is 4.74 Å². The minimum atomic E-state index is -0.00146. The Morgan fingerprint density at radius 3 is 2.91 bits per heavy atom. The van der Waals surface area contributed by atoms with Crippen molar-refractivity contribution in [1.82, 2.24) is 19.5 Å². The molecular weight excluding hydrogens is 302 g/mol. The van der Waals surface area contributed by atoms with Crippen LogP contribution in [-0.2, 0) is 4.74 Å². The van der Waals surface area contributed by atoms with Crippen LogP contribution in [0.15, 0.2) is 6.33 Å². The van der Waals surface area contributed by atoms with Crippen LogP contribution in [0.3, 0.4) is 0 Å². The van der Waals surface area contributed by atoms with E-state index in [1.54, 1.807) is 6.33 Å². The van der Waals surface area contributed by atoms with Crippen LogP contribution in [0, 0.1) is 5.92 Å². The Morgan fingerprint density at radius 2 is 2.18 bits per heavy atom. The van der Waals surface area contributed by atoms with Gasteiger partial charge < -0.3 is 10.1 Å². The van der Waals surface area contributed by atoms with Gasteiger partial charge in [0, 0.05) is 12.6 Å². The molecule has 3 heterocycles. The molecule has 0 aromatic carbocycles. The second-order valence-corrected chi connectivity index (χ2v) is 6.60. The molecule has 2 aromatic rings. The number of nitrogens with zero attached hydrogens (tertiary/aromatic N) is 4. The lowest BCUT2D eigenvalue weighted by Crippen LogP contribution is -2.19. The van der Waals surface area contributed by atoms with Crippen molar-refractivity contribution in [3.8, 4) is 0 Å². The van der Waals surface area contributed by atoms with Crippen LogP contribution in [-0.4, -0.2) is 32.2 Å². The summed E-state index contributed by atoms with van der Waals surface area (Å²) < 4.78 is 7.82. The third-order valence-corrected chi connectivity index (χ3v) is 4.72. The standard InChI is InChI=1S/C15H20ClN5O/c1-9(10-5-6-10)18-13-12-14(20-15(16)19-13)21(8-17-12)11-4-2-3-7-22-11/h8-11H,2-7H2,1H3,(H,18,19,20). The summed E-state index contributed by atoms with van der Waals surface area (Å²) in [6, 6.07) is 0.380. The molecular formula is C15H20ClN5O. The zero-order chi connectivity index (χ0) is 15.1. The fraction of sp³-hybridized carbons (Fsp3) is 0.667. The molecule has 1 saturated heterocycles. The maximum atomic E-state index is 6.13. The minimum Gasteiger partial charge on any atom is -0.365 e. The fourth-order valence-corrected chi connectivity index (χ4v) is 3.24. The van der Waals surface area contributed by atoms with E-state index in [2.05, 4.69) is 27.2 Å². The van der Waals surface area contributed by atoms with Gasteiger partial charge in [0.25, 0.3) is 0 Å². The van der Waals surface area contributed by atoms with E-state index in [0.717, 1.165) is 48.8 Å². The monoisotopic (exact) mass is 321 g/mol. The van der Waals surface area contributed by atoms with Crippen LogP contribution < -0.4 is 5.32 Å². The van der Waals surface area contributed by atoms with E-state index >= 15 is 0 Å². The van der Waals surface area contributed by atoms with Crippen LogP contribution in [0.1, 0.15) is 45.3 Å². The Labute approximate surface area is 134 Å². The largest absolute Gasteiger partial charge is 0.365 e. The van der Waals surface area contributed by atoms with Gasteiger partial charge >= 0.3 is 0 Å². The lowest BCUT2D eigenvalue weighted by Gasteiger charge is -2.23. The van der Waals surface area contributed by atoms with Gasteiger partial charge in [-0.1, -0.05) is 0 Å². The predicted molar refractivity (Wildman–Crippen MR) is 85.0 cm³/mol. The zero-order valence-electron chi connectivity index (χ0n) is 12.6. The molecule has 2 fully saturated rings. The number of aromatic nitrogens is 4. The van der Waals surface area contributed by atoms with Gasteiger partial charge in [-0.3, -0.25) is 4.57 Å². The highest BCUT2D eigenvalue weighted by molar-refractivity contribution is 6.28. The fourth-order valence-electron chi connectivity index (χ4n) is 3.07. The van der Waals surface area contributed by atoms with Crippen molar-refractivity contribution in [3.05, 3.63) is 11.6 Å². The van der Waals surface area contributed by atoms with Gasteiger partial charge in [0.05, 0.1) is 6.33 Å². The molecule has 0 amide bonds. The van der Waals surface area contributed by atoms with Crippen molar-refractivity contribution in [1.29, 1.82) is 0 Å². The van der Waals surface area contributed by atoms with Crippen LogP contribution in [0.2, 0.25) is 5.28 Å². The molecule has 6 nitrogen and oxygen atoms in total.